The van der Waals surface area contributed by atoms with Crippen molar-refractivity contribution < 1.29 is 4.57 Å². The van der Waals surface area contributed by atoms with E-state index >= 15 is 0 Å². The summed E-state index contributed by atoms with van der Waals surface area (Å²) in [6, 6.07) is 10.9. The molecule has 0 atom stereocenters. The van der Waals surface area contributed by atoms with Gasteiger partial charge in [-0.3, -0.25) is 0 Å². The number of nitrogens with zero attached hydrogens (tertiary/aromatic N) is 2. The van der Waals surface area contributed by atoms with E-state index in [1.165, 1.54) is 140 Å². The minimum Gasteiger partial charge on any atom is -0.234 e. The fourth-order valence-corrected chi connectivity index (χ4v) is 5.11. The maximum absolute atomic E-state index is 2.52. The van der Waals surface area contributed by atoms with Crippen LogP contribution in [0.4, 0.5) is 0 Å². The third-order valence-electron chi connectivity index (χ3n) is 7.30. The molecule has 2 aromatic rings. The molecule has 0 aliphatic carbocycles. The van der Waals surface area contributed by atoms with Crippen molar-refractivity contribution in [1.29, 1.82) is 0 Å². The first kappa shape index (κ1) is 28.7. The molecule has 2 nitrogen and oxygen atoms in total. The molecule has 0 bridgehead atoms. The highest BCUT2D eigenvalue weighted by Crippen LogP contribution is 2.16. The van der Waals surface area contributed by atoms with Gasteiger partial charge in [-0.25, -0.2) is 4.57 Å². The molecule has 0 spiro atoms. The fourth-order valence-electron chi connectivity index (χ4n) is 5.11. The Balaban J connectivity index is 1.60. The number of benzene rings is 1. The molecule has 0 fully saturated rings. The number of aryl methyl sites for hydroxylation is 1. The Hall–Kier alpha value is -1.57. The Morgan fingerprint density at radius 3 is 1.56 bits per heavy atom. The van der Waals surface area contributed by atoms with Gasteiger partial charge >= 0.3 is 0 Å². The zero-order chi connectivity index (χ0) is 24.1. The summed E-state index contributed by atoms with van der Waals surface area (Å²) in [5, 5.41) is 0. The van der Waals surface area contributed by atoms with E-state index in [1.54, 1.807) is 0 Å². The summed E-state index contributed by atoms with van der Waals surface area (Å²) in [4.78, 5) is 0. The van der Waals surface area contributed by atoms with Crippen molar-refractivity contribution in [3.63, 3.8) is 0 Å². The second-order valence-electron chi connectivity index (χ2n) is 10.4. The standard InChI is InChI=1S/C32H55N2/c1-3-5-7-9-10-11-12-13-14-15-16-17-18-19-23-27-32-33(28-24-8-6-4-2)29-30-34(32)31-25-21-20-22-26-31/h20-22,25-26,29-30H,3-19,23-24,27-28H2,1-2H3/q+1. The highest BCUT2D eigenvalue weighted by Gasteiger charge is 2.18. The van der Waals surface area contributed by atoms with Crippen LogP contribution in [0, 0.1) is 0 Å². The predicted octanol–water partition coefficient (Wildman–Crippen LogP) is 9.76. The Morgan fingerprint density at radius 1 is 0.559 bits per heavy atom. The van der Waals surface area contributed by atoms with E-state index < -0.39 is 0 Å². The van der Waals surface area contributed by atoms with E-state index in [1.807, 2.05) is 0 Å². The van der Waals surface area contributed by atoms with E-state index in [9.17, 15) is 0 Å². The van der Waals surface area contributed by atoms with E-state index in [2.05, 4.69) is 65.7 Å². The molecule has 192 valence electrons. The number of hydrogen-bond acceptors (Lipinski definition) is 0. The molecule has 1 aromatic carbocycles. The summed E-state index contributed by atoms with van der Waals surface area (Å²) in [6.07, 6.45) is 32.5. The molecule has 0 saturated carbocycles. The summed E-state index contributed by atoms with van der Waals surface area (Å²) in [6.45, 7) is 5.75. The van der Waals surface area contributed by atoms with E-state index in [0.717, 1.165) is 6.54 Å². The minimum absolute atomic E-state index is 1.16. The van der Waals surface area contributed by atoms with Gasteiger partial charge in [-0.2, -0.15) is 4.57 Å². The van der Waals surface area contributed by atoms with Gasteiger partial charge in [0, 0.05) is 6.42 Å². The maximum atomic E-state index is 2.52. The average Bonchev–Trinajstić information content (AvgIpc) is 3.27. The summed E-state index contributed by atoms with van der Waals surface area (Å²) in [7, 11) is 0. The molecule has 0 amide bonds. The van der Waals surface area contributed by atoms with Gasteiger partial charge in [0.2, 0.25) is 0 Å². The van der Waals surface area contributed by atoms with Crippen LogP contribution in [-0.2, 0) is 13.0 Å². The molecule has 0 saturated heterocycles. The van der Waals surface area contributed by atoms with Crippen LogP contribution in [-0.4, -0.2) is 4.57 Å². The van der Waals surface area contributed by atoms with Crippen molar-refractivity contribution in [1.82, 2.24) is 4.57 Å². The minimum atomic E-state index is 1.16. The molecule has 1 aromatic heterocycles. The van der Waals surface area contributed by atoms with Crippen LogP contribution in [0.25, 0.3) is 5.69 Å². The first-order valence-corrected chi connectivity index (χ1v) is 15.0. The van der Waals surface area contributed by atoms with E-state index in [0.29, 0.717) is 0 Å². The Labute approximate surface area is 212 Å². The van der Waals surface area contributed by atoms with Crippen molar-refractivity contribution in [2.75, 3.05) is 0 Å². The Morgan fingerprint density at radius 2 is 1.03 bits per heavy atom. The van der Waals surface area contributed by atoms with Gasteiger partial charge in [0.25, 0.3) is 5.82 Å². The number of unbranched alkanes of at least 4 members (excludes halogenated alkanes) is 17. The molecule has 2 rings (SSSR count). The molecule has 34 heavy (non-hydrogen) atoms. The normalized spacial score (nSPS) is 11.4. The Kier molecular flexibility index (Phi) is 16.6. The van der Waals surface area contributed by atoms with Gasteiger partial charge < -0.3 is 0 Å². The van der Waals surface area contributed by atoms with Gasteiger partial charge in [0.1, 0.15) is 18.1 Å². The largest absolute Gasteiger partial charge is 0.261 e. The molecule has 0 aliphatic heterocycles. The number of hydrogen-bond donors (Lipinski definition) is 0. The van der Waals surface area contributed by atoms with Gasteiger partial charge in [-0.05, 0) is 31.4 Å². The van der Waals surface area contributed by atoms with Crippen LogP contribution in [0.15, 0.2) is 42.7 Å². The summed E-state index contributed by atoms with van der Waals surface area (Å²) in [5.74, 6) is 1.48. The SMILES string of the molecule is CCCCCCCCCCCCCCCCCc1n(-c2ccccc2)cc[n+]1CCCCCC. The van der Waals surface area contributed by atoms with Crippen LogP contribution < -0.4 is 4.57 Å². The lowest BCUT2D eigenvalue weighted by molar-refractivity contribution is -0.704. The quantitative estimate of drug-likeness (QED) is 0.120. The molecular formula is C32H55N2+. The first-order chi connectivity index (χ1) is 16.9. The van der Waals surface area contributed by atoms with Crippen molar-refractivity contribution >= 4 is 0 Å². The second kappa shape index (κ2) is 19.7. The summed E-state index contributed by atoms with van der Waals surface area (Å²) in [5.41, 5.74) is 1.30. The number of para-hydroxylation sites is 1. The average molecular weight is 468 g/mol. The van der Waals surface area contributed by atoms with Crippen molar-refractivity contribution in [2.24, 2.45) is 0 Å². The van der Waals surface area contributed by atoms with Crippen LogP contribution in [0.1, 0.15) is 142 Å². The highest BCUT2D eigenvalue weighted by atomic mass is 15.1. The maximum Gasteiger partial charge on any atom is 0.261 e. The van der Waals surface area contributed by atoms with Crippen LogP contribution in [0.3, 0.4) is 0 Å². The molecule has 0 unspecified atom stereocenters. The lowest BCUT2D eigenvalue weighted by Crippen LogP contribution is -2.37. The van der Waals surface area contributed by atoms with Crippen molar-refractivity contribution in [3.8, 4) is 5.69 Å². The van der Waals surface area contributed by atoms with Gasteiger partial charge in [-0.15, -0.1) is 0 Å². The summed E-state index contributed by atoms with van der Waals surface area (Å²) >= 11 is 0. The topological polar surface area (TPSA) is 8.81 Å². The van der Waals surface area contributed by atoms with Crippen LogP contribution in [0.2, 0.25) is 0 Å². The van der Waals surface area contributed by atoms with Crippen LogP contribution in [0.5, 0.6) is 0 Å². The predicted molar refractivity (Wildman–Crippen MR) is 149 cm³/mol. The zero-order valence-corrected chi connectivity index (χ0v) is 22.8. The van der Waals surface area contributed by atoms with E-state index in [4.69, 9.17) is 0 Å². The number of imidazole rings is 1. The van der Waals surface area contributed by atoms with E-state index in [-0.39, 0.29) is 0 Å². The smallest absolute Gasteiger partial charge is 0.234 e. The van der Waals surface area contributed by atoms with Crippen molar-refractivity contribution in [3.05, 3.63) is 48.5 Å². The third kappa shape index (κ3) is 12.2. The molecule has 0 radical (unpaired) electrons. The Bertz CT molecular complexity index is 703. The molecule has 0 N–H and O–H groups in total. The monoisotopic (exact) mass is 467 g/mol. The molecule has 2 heteroatoms. The molecule has 0 aliphatic rings. The third-order valence-corrected chi connectivity index (χ3v) is 7.30. The fraction of sp³-hybridized carbons (Fsp3) is 0.719. The summed E-state index contributed by atoms with van der Waals surface area (Å²) < 4.78 is 4.94. The van der Waals surface area contributed by atoms with Crippen molar-refractivity contribution in [2.45, 2.75) is 149 Å². The lowest BCUT2D eigenvalue weighted by atomic mass is 10.0. The lowest BCUT2D eigenvalue weighted by Gasteiger charge is -2.06. The zero-order valence-electron chi connectivity index (χ0n) is 22.8. The first-order valence-electron chi connectivity index (χ1n) is 15.0. The van der Waals surface area contributed by atoms with Crippen LogP contribution >= 0.6 is 0 Å². The number of aromatic nitrogens is 2. The number of rotatable bonds is 22. The molecular weight excluding hydrogens is 412 g/mol. The van der Waals surface area contributed by atoms with Gasteiger partial charge in [0.05, 0.1) is 6.54 Å². The molecule has 1 heterocycles. The second-order valence-corrected chi connectivity index (χ2v) is 10.4. The van der Waals surface area contributed by atoms with Gasteiger partial charge in [-0.1, -0.05) is 135 Å². The van der Waals surface area contributed by atoms with Gasteiger partial charge in [0.15, 0.2) is 0 Å². The highest BCUT2D eigenvalue weighted by molar-refractivity contribution is 5.31.